The number of hydrogen-bond acceptors (Lipinski definition) is 4. The SMILES string of the molecule is COc1c(F)cc(Cn2c(Cc3ccc(F)cc3)noc2=O)cc1F. The molecule has 0 amide bonds. The molecule has 0 spiro atoms. The van der Waals surface area contributed by atoms with E-state index in [9.17, 15) is 18.0 Å². The standard InChI is InChI=1S/C17H13F3N2O3/c1-24-16-13(19)6-11(7-14(16)20)9-22-15(21-25-17(22)23)8-10-2-4-12(18)5-3-10/h2-7H,8-9H2,1H3. The Morgan fingerprint density at radius 3 is 2.32 bits per heavy atom. The van der Waals surface area contributed by atoms with Crippen LogP contribution in [-0.4, -0.2) is 16.8 Å². The van der Waals surface area contributed by atoms with E-state index >= 15 is 0 Å². The van der Waals surface area contributed by atoms with Gasteiger partial charge in [0, 0.05) is 6.42 Å². The van der Waals surface area contributed by atoms with Crippen LogP contribution in [-0.2, 0) is 13.0 Å². The molecule has 0 aliphatic carbocycles. The number of benzene rings is 2. The van der Waals surface area contributed by atoms with Crippen LogP contribution < -0.4 is 10.5 Å². The smallest absolute Gasteiger partial charge is 0.441 e. The first-order valence-electron chi connectivity index (χ1n) is 7.29. The Hall–Kier alpha value is -3.03. The summed E-state index contributed by atoms with van der Waals surface area (Å²) in [6.45, 7) is -0.128. The number of nitrogens with zero attached hydrogens (tertiary/aromatic N) is 2. The van der Waals surface area contributed by atoms with Crippen LogP contribution in [0.4, 0.5) is 13.2 Å². The van der Waals surface area contributed by atoms with E-state index in [1.54, 1.807) is 12.1 Å². The maximum atomic E-state index is 13.8. The largest absolute Gasteiger partial charge is 0.491 e. The van der Waals surface area contributed by atoms with Gasteiger partial charge < -0.3 is 4.74 Å². The molecule has 8 heteroatoms. The molecule has 0 saturated heterocycles. The summed E-state index contributed by atoms with van der Waals surface area (Å²) >= 11 is 0. The molecule has 0 atom stereocenters. The Morgan fingerprint density at radius 1 is 1.08 bits per heavy atom. The Bertz CT molecular complexity index is 926. The summed E-state index contributed by atoms with van der Waals surface area (Å²) < 4.78 is 51.0. The van der Waals surface area contributed by atoms with Crippen molar-refractivity contribution < 1.29 is 22.4 Å². The molecule has 1 heterocycles. The number of hydrogen-bond donors (Lipinski definition) is 0. The van der Waals surface area contributed by atoms with E-state index in [1.165, 1.54) is 12.1 Å². The molecule has 0 aliphatic rings. The van der Waals surface area contributed by atoms with Gasteiger partial charge in [-0.3, -0.25) is 9.09 Å². The molecule has 5 nitrogen and oxygen atoms in total. The summed E-state index contributed by atoms with van der Waals surface area (Å²) in [5.41, 5.74) is 0.914. The summed E-state index contributed by atoms with van der Waals surface area (Å²) in [4.78, 5) is 11.8. The van der Waals surface area contributed by atoms with Crippen LogP contribution in [0, 0.1) is 17.5 Å². The minimum Gasteiger partial charge on any atom is -0.491 e. The lowest BCUT2D eigenvalue weighted by atomic mass is 10.1. The molecule has 2 aromatic carbocycles. The molecule has 130 valence electrons. The van der Waals surface area contributed by atoms with Crippen molar-refractivity contribution >= 4 is 0 Å². The van der Waals surface area contributed by atoms with Crippen molar-refractivity contribution in [2.24, 2.45) is 0 Å². The molecule has 0 aliphatic heterocycles. The third-order valence-corrected chi connectivity index (χ3v) is 3.64. The van der Waals surface area contributed by atoms with E-state index in [-0.39, 0.29) is 30.2 Å². The third-order valence-electron chi connectivity index (χ3n) is 3.64. The van der Waals surface area contributed by atoms with Gasteiger partial charge in [0.25, 0.3) is 0 Å². The van der Waals surface area contributed by atoms with Crippen LogP contribution in [0.5, 0.6) is 5.75 Å². The quantitative estimate of drug-likeness (QED) is 0.710. The topological polar surface area (TPSA) is 57.3 Å². The summed E-state index contributed by atoms with van der Waals surface area (Å²) in [5, 5.41) is 3.68. The van der Waals surface area contributed by atoms with Gasteiger partial charge in [-0.05, 0) is 35.4 Å². The Labute approximate surface area is 140 Å². The van der Waals surface area contributed by atoms with Gasteiger partial charge >= 0.3 is 5.76 Å². The van der Waals surface area contributed by atoms with Crippen molar-refractivity contribution in [3.8, 4) is 5.75 Å². The lowest BCUT2D eigenvalue weighted by Gasteiger charge is -2.08. The van der Waals surface area contributed by atoms with E-state index in [4.69, 9.17) is 0 Å². The van der Waals surface area contributed by atoms with Gasteiger partial charge in [-0.15, -0.1) is 0 Å². The Balaban J connectivity index is 1.90. The zero-order chi connectivity index (χ0) is 18.0. The Morgan fingerprint density at radius 2 is 1.72 bits per heavy atom. The van der Waals surface area contributed by atoms with Crippen molar-refractivity contribution in [1.82, 2.24) is 9.72 Å². The highest BCUT2D eigenvalue weighted by atomic mass is 19.1. The molecular formula is C17H13F3N2O3. The number of ether oxygens (including phenoxy) is 1. The summed E-state index contributed by atoms with van der Waals surface area (Å²) in [5.74, 6) is -3.12. The summed E-state index contributed by atoms with van der Waals surface area (Å²) in [7, 11) is 1.16. The molecule has 0 unspecified atom stereocenters. The third kappa shape index (κ3) is 3.57. The second-order valence-corrected chi connectivity index (χ2v) is 5.35. The summed E-state index contributed by atoms with van der Waals surface area (Å²) in [6, 6.07) is 7.81. The van der Waals surface area contributed by atoms with Crippen LogP contribution >= 0.6 is 0 Å². The van der Waals surface area contributed by atoms with E-state index in [1.807, 2.05) is 0 Å². The van der Waals surface area contributed by atoms with Crippen LogP contribution in [0.15, 0.2) is 45.7 Å². The van der Waals surface area contributed by atoms with Crippen molar-refractivity contribution in [3.05, 3.63) is 81.4 Å². The first kappa shape index (κ1) is 16.8. The van der Waals surface area contributed by atoms with Crippen LogP contribution in [0.3, 0.4) is 0 Å². The number of rotatable bonds is 5. The number of halogens is 3. The average Bonchev–Trinajstić information content (AvgIpc) is 2.90. The fourth-order valence-electron chi connectivity index (χ4n) is 2.45. The highest BCUT2D eigenvalue weighted by molar-refractivity contribution is 5.31. The van der Waals surface area contributed by atoms with Gasteiger partial charge in [0.15, 0.2) is 23.2 Å². The average molecular weight is 350 g/mol. The minimum atomic E-state index is -0.873. The Kier molecular flexibility index (Phi) is 4.60. The highest BCUT2D eigenvalue weighted by Crippen LogP contribution is 2.23. The molecule has 3 rings (SSSR count). The first-order valence-corrected chi connectivity index (χ1v) is 7.29. The monoisotopic (exact) mass is 350 g/mol. The second-order valence-electron chi connectivity index (χ2n) is 5.35. The van der Waals surface area contributed by atoms with Gasteiger partial charge in [-0.2, -0.15) is 0 Å². The van der Waals surface area contributed by atoms with E-state index in [2.05, 4.69) is 14.4 Å². The minimum absolute atomic E-state index is 0.128. The molecule has 0 fully saturated rings. The molecular weight excluding hydrogens is 337 g/mol. The molecule has 1 aromatic heterocycles. The fraction of sp³-hybridized carbons (Fsp3) is 0.176. The van der Waals surface area contributed by atoms with Crippen molar-refractivity contribution in [2.45, 2.75) is 13.0 Å². The van der Waals surface area contributed by atoms with Gasteiger partial charge in [-0.1, -0.05) is 17.3 Å². The molecule has 3 aromatic rings. The normalized spacial score (nSPS) is 10.9. The van der Waals surface area contributed by atoms with Crippen LogP contribution in [0.2, 0.25) is 0 Å². The highest BCUT2D eigenvalue weighted by Gasteiger charge is 2.16. The maximum Gasteiger partial charge on any atom is 0.441 e. The predicted molar refractivity (Wildman–Crippen MR) is 82.0 cm³/mol. The molecule has 0 saturated carbocycles. The second kappa shape index (κ2) is 6.84. The van der Waals surface area contributed by atoms with E-state index in [0.717, 1.165) is 23.8 Å². The molecule has 25 heavy (non-hydrogen) atoms. The zero-order valence-corrected chi connectivity index (χ0v) is 13.1. The van der Waals surface area contributed by atoms with Crippen molar-refractivity contribution in [3.63, 3.8) is 0 Å². The first-order chi connectivity index (χ1) is 12.0. The van der Waals surface area contributed by atoms with Crippen LogP contribution in [0.1, 0.15) is 17.0 Å². The lowest BCUT2D eigenvalue weighted by molar-refractivity contribution is 0.358. The summed E-state index contributed by atoms with van der Waals surface area (Å²) in [6.07, 6.45) is 0.202. The number of aromatic nitrogens is 2. The van der Waals surface area contributed by atoms with E-state index in [0.29, 0.717) is 5.56 Å². The van der Waals surface area contributed by atoms with Crippen molar-refractivity contribution in [2.75, 3.05) is 7.11 Å². The van der Waals surface area contributed by atoms with Gasteiger partial charge in [0.2, 0.25) is 0 Å². The predicted octanol–water partition coefficient (Wildman–Crippen LogP) is 2.90. The van der Waals surface area contributed by atoms with Gasteiger partial charge in [0.1, 0.15) is 5.82 Å². The van der Waals surface area contributed by atoms with Gasteiger partial charge in [-0.25, -0.2) is 18.0 Å². The maximum absolute atomic E-state index is 13.8. The number of methoxy groups -OCH3 is 1. The molecule has 0 bridgehead atoms. The van der Waals surface area contributed by atoms with Crippen molar-refractivity contribution in [1.29, 1.82) is 0 Å². The zero-order valence-electron chi connectivity index (χ0n) is 13.1. The van der Waals surface area contributed by atoms with Gasteiger partial charge in [0.05, 0.1) is 13.7 Å². The van der Waals surface area contributed by atoms with E-state index < -0.39 is 23.1 Å². The lowest BCUT2D eigenvalue weighted by Crippen LogP contribution is -2.18. The van der Waals surface area contributed by atoms with Crippen LogP contribution in [0.25, 0.3) is 0 Å². The molecule has 0 radical (unpaired) electrons. The fourth-order valence-corrected chi connectivity index (χ4v) is 2.45. The molecule has 0 N–H and O–H groups in total.